The van der Waals surface area contributed by atoms with Gasteiger partial charge >= 0.3 is 6.09 Å². The lowest BCUT2D eigenvalue weighted by Gasteiger charge is -2.36. The normalized spacial score (nSPS) is 19.4. The summed E-state index contributed by atoms with van der Waals surface area (Å²) in [6.07, 6.45) is -0.466. The Kier molecular flexibility index (Phi) is 4.37. The summed E-state index contributed by atoms with van der Waals surface area (Å²) in [4.78, 5) is 13.8. The van der Waals surface area contributed by atoms with E-state index in [-0.39, 0.29) is 6.61 Å². The third-order valence-corrected chi connectivity index (χ3v) is 3.14. The monoisotopic (exact) mass is 296 g/mol. The number of amides is 1. The number of halogens is 1. The summed E-state index contributed by atoms with van der Waals surface area (Å²) in [5.74, 6) is -0.445. The number of nitrogens with zero attached hydrogens (tertiary/aromatic N) is 1. The number of ether oxygens (including phenoxy) is 2. The van der Waals surface area contributed by atoms with Crippen molar-refractivity contribution in [1.82, 2.24) is 4.90 Å². The quantitative estimate of drug-likeness (QED) is 0.809. The second kappa shape index (κ2) is 5.89. The second-order valence-electron chi connectivity index (χ2n) is 6.05. The van der Waals surface area contributed by atoms with E-state index >= 15 is 0 Å². The smallest absolute Gasteiger partial charge is 0.410 e. The van der Waals surface area contributed by atoms with Crippen LogP contribution in [0.3, 0.4) is 0 Å². The number of anilines is 1. The molecule has 2 N–H and O–H groups in total. The van der Waals surface area contributed by atoms with Gasteiger partial charge in [-0.05, 0) is 32.9 Å². The van der Waals surface area contributed by atoms with Crippen LogP contribution in [0.25, 0.3) is 0 Å². The molecule has 5 nitrogen and oxygen atoms in total. The molecule has 21 heavy (non-hydrogen) atoms. The minimum absolute atomic E-state index is 0.236. The van der Waals surface area contributed by atoms with Crippen LogP contribution in [0.4, 0.5) is 14.9 Å². The molecule has 0 spiro atoms. The summed E-state index contributed by atoms with van der Waals surface area (Å²) in [5, 5.41) is 0. The van der Waals surface area contributed by atoms with Gasteiger partial charge in [0, 0.05) is 17.8 Å². The van der Waals surface area contributed by atoms with Crippen molar-refractivity contribution in [1.29, 1.82) is 0 Å². The molecule has 1 aromatic carbocycles. The summed E-state index contributed by atoms with van der Waals surface area (Å²) in [7, 11) is 0. The number of nitrogen functional groups attached to an aromatic ring is 1. The Bertz CT molecular complexity index is 528. The summed E-state index contributed by atoms with van der Waals surface area (Å²) in [5.41, 5.74) is 5.69. The molecule has 0 radical (unpaired) electrons. The topological polar surface area (TPSA) is 64.8 Å². The number of hydrogen-bond acceptors (Lipinski definition) is 4. The Labute approximate surface area is 123 Å². The molecule has 1 heterocycles. The highest BCUT2D eigenvalue weighted by molar-refractivity contribution is 5.69. The average Bonchev–Trinajstić information content (AvgIpc) is 2.37. The van der Waals surface area contributed by atoms with E-state index in [1.165, 1.54) is 11.0 Å². The molecule has 1 amide bonds. The van der Waals surface area contributed by atoms with Crippen LogP contribution in [0.2, 0.25) is 0 Å². The first-order chi connectivity index (χ1) is 9.78. The zero-order valence-electron chi connectivity index (χ0n) is 12.6. The lowest BCUT2D eigenvalue weighted by molar-refractivity contribution is -0.0338. The number of hydrogen-bond donors (Lipinski definition) is 1. The largest absolute Gasteiger partial charge is 0.444 e. The first-order valence-electron chi connectivity index (χ1n) is 6.90. The van der Waals surface area contributed by atoms with Crippen molar-refractivity contribution in [2.24, 2.45) is 0 Å². The van der Waals surface area contributed by atoms with Crippen LogP contribution in [-0.2, 0) is 9.47 Å². The fraction of sp³-hybridized carbons (Fsp3) is 0.533. The van der Waals surface area contributed by atoms with Crippen molar-refractivity contribution in [2.75, 3.05) is 25.5 Å². The maximum absolute atomic E-state index is 14.1. The standard InChI is InChI=1S/C15H21FN2O3/c1-15(2,3)21-14(19)18-6-7-20-9-13(18)11-5-4-10(17)8-12(11)16/h4-5,8,13H,6-7,9,17H2,1-3H3/t13-/m1/s1. The van der Waals surface area contributed by atoms with E-state index in [9.17, 15) is 9.18 Å². The molecule has 1 saturated heterocycles. The number of carbonyl (C=O) groups excluding carboxylic acids is 1. The highest BCUT2D eigenvalue weighted by Gasteiger charge is 2.33. The Morgan fingerprint density at radius 2 is 2.19 bits per heavy atom. The summed E-state index contributed by atoms with van der Waals surface area (Å²) >= 11 is 0. The first-order valence-corrected chi connectivity index (χ1v) is 6.90. The molecule has 0 saturated carbocycles. The minimum Gasteiger partial charge on any atom is -0.444 e. The average molecular weight is 296 g/mol. The molecule has 1 aliphatic rings. The zero-order chi connectivity index (χ0) is 15.6. The van der Waals surface area contributed by atoms with E-state index in [4.69, 9.17) is 15.2 Å². The minimum atomic E-state index is -0.598. The van der Waals surface area contributed by atoms with E-state index in [0.717, 1.165) is 0 Å². The number of morpholine rings is 1. The maximum atomic E-state index is 14.1. The Balaban J connectivity index is 2.24. The molecule has 2 rings (SSSR count). The van der Waals surface area contributed by atoms with Gasteiger partial charge in [-0.1, -0.05) is 6.07 Å². The van der Waals surface area contributed by atoms with Crippen molar-refractivity contribution in [3.05, 3.63) is 29.6 Å². The predicted molar refractivity (Wildman–Crippen MR) is 77.3 cm³/mol. The van der Waals surface area contributed by atoms with Crippen LogP contribution in [-0.4, -0.2) is 36.4 Å². The molecule has 0 aromatic heterocycles. The van der Waals surface area contributed by atoms with Gasteiger partial charge in [-0.25, -0.2) is 9.18 Å². The molecule has 0 bridgehead atoms. The fourth-order valence-corrected chi connectivity index (χ4v) is 2.21. The zero-order valence-corrected chi connectivity index (χ0v) is 12.6. The molecule has 1 aromatic rings. The van der Waals surface area contributed by atoms with Crippen molar-refractivity contribution in [2.45, 2.75) is 32.4 Å². The van der Waals surface area contributed by atoms with Gasteiger partial charge in [-0.2, -0.15) is 0 Å². The van der Waals surface area contributed by atoms with E-state index in [1.54, 1.807) is 32.9 Å². The first kappa shape index (κ1) is 15.6. The van der Waals surface area contributed by atoms with Gasteiger partial charge < -0.3 is 15.2 Å². The van der Waals surface area contributed by atoms with Crippen LogP contribution in [0.15, 0.2) is 18.2 Å². The van der Waals surface area contributed by atoms with Crippen molar-refractivity contribution >= 4 is 11.8 Å². The van der Waals surface area contributed by atoms with Gasteiger partial charge in [0.15, 0.2) is 0 Å². The third kappa shape index (κ3) is 3.85. The SMILES string of the molecule is CC(C)(C)OC(=O)N1CCOC[C@@H]1c1ccc(N)cc1F. The molecule has 6 heteroatoms. The highest BCUT2D eigenvalue weighted by atomic mass is 19.1. The molecule has 1 fully saturated rings. The number of nitrogens with two attached hydrogens (primary N) is 1. The van der Waals surface area contributed by atoms with Gasteiger partial charge in [-0.3, -0.25) is 4.90 Å². The van der Waals surface area contributed by atoms with Gasteiger partial charge in [0.2, 0.25) is 0 Å². The molecule has 116 valence electrons. The third-order valence-electron chi connectivity index (χ3n) is 3.14. The highest BCUT2D eigenvalue weighted by Crippen LogP contribution is 2.29. The van der Waals surface area contributed by atoms with E-state index in [0.29, 0.717) is 24.4 Å². The Morgan fingerprint density at radius 3 is 2.81 bits per heavy atom. The summed E-state index contributed by atoms with van der Waals surface area (Å²) < 4.78 is 24.9. The van der Waals surface area contributed by atoms with Crippen molar-refractivity contribution < 1.29 is 18.7 Å². The van der Waals surface area contributed by atoms with E-state index < -0.39 is 23.6 Å². The fourth-order valence-electron chi connectivity index (χ4n) is 2.21. The molecule has 1 atom stereocenters. The Hall–Kier alpha value is -1.82. The van der Waals surface area contributed by atoms with Crippen LogP contribution < -0.4 is 5.73 Å². The molecule has 1 aliphatic heterocycles. The van der Waals surface area contributed by atoms with Crippen LogP contribution in [0.1, 0.15) is 32.4 Å². The van der Waals surface area contributed by atoms with Crippen LogP contribution in [0.5, 0.6) is 0 Å². The van der Waals surface area contributed by atoms with Crippen molar-refractivity contribution in [3.63, 3.8) is 0 Å². The molecular formula is C15H21FN2O3. The summed E-state index contributed by atoms with van der Waals surface area (Å²) in [6.45, 7) is 6.40. The maximum Gasteiger partial charge on any atom is 0.410 e. The van der Waals surface area contributed by atoms with E-state index in [2.05, 4.69) is 0 Å². The number of benzene rings is 1. The molecule has 0 aliphatic carbocycles. The lowest BCUT2D eigenvalue weighted by atomic mass is 10.0. The predicted octanol–water partition coefficient (Wildman–Crippen LogP) is 2.72. The van der Waals surface area contributed by atoms with Gasteiger partial charge in [-0.15, -0.1) is 0 Å². The lowest BCUT2D eigenvalue weighted by Crippen LogP contribution is -2.46. The summed E-state index contributed by atoms with van der Waals surface area (Å²) in [6, 6.07) is 3.94. The second-order valence-corrected chi connectivity index (χ2v) is 6.05. The van der Waals surface area contributed by atoms with Gasteiger partial charge in [0.1, 0.15) is 11.4 Å². The van der Waals surface area contributed by atoms with E-state index in [1.807, 2.05) is 0 Å². The van der Waals surface area contributed by atoms with Gasteiger partial charge in [0.05, 0.1) is 19.3 Å². The number of rotatable bonds is 1. The van der Waals surface area contributed by atoms with Crippen molar-refractivity contribution in [3.8, 4) is 0 Å². The molecule has 0 unspecified atom stereocenters. The molecular weight excluding hydrogens is 275 g/mol. The number of carbonyl (C=O) groups is 1. The van der Waals surface area contributed by atoms with Crippen LogP contribution >= 0.6 is 0 Å². The van der Waals surface area contributed by atoms with Gasteiger partial charge in [0.25, 0.3) is 0 Å². The Morgan fingerprint density at radius 1 is 1.48 bits per heavy atom. The van der Waals surface area contributed by atoms with Crippen LogP contribution in [0, 0.1) is 5.82 Å².